The molecule has 2 aliphatic carbocycles. The highest BCUT2D eigenvalue weighted by atomic mass is 32.2. The van der Waals surface area contributed by atoms with Gasteiger partial charge in [0.25, 0.3) is 0 Å². The van der Waals surface area contributed by atoms with Gasteiger partial charge < -0.3 is 9.29 Å². The van der Waals surface area contributed by atoms with E-state index in [1.807, 2.05) is 13.8 Å². The largest absolute Gasteiger partial charge is 0.747 e. The van der Waals surface area contributed by atoms with Crippen molar-refractivity contribution in [3.05, 3.63) is 0 Å². The summed E-state index contributed by atoms with van der Waals surface area (Å²) in [5.74, 6) is 2.82. The number of hydrogen-bond acceptors (Lipinski definition) is 6. The SMILES string of the molecule is CC12CCC(C(S(=O)(=O)[O-])C1=O)C2(C)C.CCCC(=O)C[S+]1CCOCC1. The standard InChI is InChI=1S/C10H16O4S.C9H17O2S/c1-9(2)6-4-5-10(9,3)8(11)7(6)15(12,13)14;1-2-3-9(10)8-12-6-4-11-5-7-12/h6-7H,4-5H2,1-3H3,(H,12,13,14);2-8H2,1H3/q;+1/p-1. The molecule has 0 spiro atoms. The van der Waals surface area contributed by atoms with E-state index in [2.05, 4.69) is 6.92 Å². The van der Waals surface area contributed by atoms with Gasteiger partial charge in [0.2, 0.25) is 0 Å². The van der Waals surface area contributed by atoms with Gasteiger partial charge in [-0.3, -0.25) is 9.59 Å². The predicted molar refractivity (Wildman–Crippen MR) is 106 cm³/mol. The lowest BCUT2D eigenvalue weighted by atomic mass is 9.70. The summed E-state index contributed by atoms with van der Waals surface area (Å²) in [7, 11) is -4.14. The van der Waals surface area contributed by atoms with E-state index in [9.17, 15) is 22.6 Å². The van der Waals surface area contributed by atoms with E-state index in [0.29, 0.717) is 29.5 Å². The highest BCUT2D eigenvalue weighted by Crippen LogP contribution is 2.64. The minimum atomic E-state index is -4.49. The number of carbonyl (C=O) groups is 2. The molecule has 3 aliphatic rings. The van der Waals surface area contributed by atoms with Crippen molar-refractivity contribution in [3.8, 4) is 0 Å². The van der Waals surface area contributed by atoms with Crippen LogP contribution in [0.1, 0.15) is 53.4 Å². The number of ketones is 2. The molecule has 1 saturated heterocycles. The van der Waals surface area contributed by atoms with Gasteiger partial charge in [-0.05, 0) is 41.5 Å². The van der Waals surface area contributed by atoms with E-state index < -0.39 is 20.8 Å². The molecule has 0 aromatic heterocycles. The Hall–Kier alpha value is -0.440. The molecule has 156 valence electrons. The first-order valence-corrected chi connectivity index (χ1v) is 12.9. The zero-order valence-electron chi connectivity index (χ0n) is 16.8. The maximum Gasteiger partial charge on any atom is 0.181 e. The van der Waals surface area contributed by atoms with E-state index in [4.69, 9.17) is 4.74 Å². The van der Waals surface area contributed by atoms with Gasteiger partial charge in [-0.15, -0.1) is 0 Å². The average Bonchev–Trinajstić information content (AvgIpc) is 2.88. The Morgan fingerprint density at radius 2 is 1.85 bits per heavy atom. The van der Waals surface area contributed by atoms with Crippen LogP contribution in [0.15, 0.2) is 0 Å². The van der Waals surface area contributed by atoms with Gasteiger partial charge in [0.1, 0.15) is 26.9 Å². The van der Waals surface area contributed by atoms with Crippen LogP contribution in [0, 0.1) is 16.7 Å². The second kappa shape index (κ2) is 8.51. The molecule has 0 aromatic rings. The summed E-state index contributed by atoms with van der Waals surface area (Å²) in [4.78, 5) is 23.2. The van der Waals surface area contributed by atoms with Gasteiger partial charge in [0.05, 0.1) is 13.2 Å². The Labute approximate surface area is 165 Å². The molecule has 3 fully saturated rings. The van der Waals surface area contributed by atoms with Gasteiger partial charge in [-0.1, -0.05) is 27.7 Å². The van der Waals surface area contributed by atoms with Gasteiger partial charge in [0.15, 0.2) is 17.3 Å². The third-order valence-corrected chi connectivity index (χ3v) is 10.1. The number of fused-ring (bicyclic) bond motifs is 2. The van der Waals surface area contributed by atoms with Gasteiger partial charge >= 0.3 is 0 Å². The average molecular weight is 421 g/mol. The maximum absolute atomic E-state index is 12.0. The van der Waals surface area contributed by atoms with Gasteiger partial charge in [-0.25, -0.2) is 8.42 Å². The van der Waals surface area contributed by atoms with Crippen molar-refractivity contribution in [1.82, 2.24) is 0 Å². The summed E-state index contributed by atoms with van der Waals surface area (Å²) in [5.41, 5.74) is -0.994. The van der Waals surface area contributed by atoms with Crippen LogP contribution in [0.5, 0.6) is 0 Å². The molecule has 2 saturated carbocycles. The van der Waals surface area contributed by atoms with Crippen molar-refractivity contribution in [1.29, 1.82) is 0 Å². The maximum atomic E-state index is 12.0. The van der Waals surface area contributed by atoms with E-state index in [1.165, 1.54) is 0 Å². The van der Waals surface area contributed by atoms with Crippen molar-refractivity contribution in [3.63, 3.8) is 0 Å². The summed E-state index contributed by atoms with van der Waals surface area (Å²) in [5, 5.41) is -1.30. The molecule has 0 radical (unpaired) electrons. The lowest BCUT2D eigenvalue weighted by Crippen LogP contribution is -2.38. The molecule has 0 N–H and O–H groups in total. The monoisotopic (exact) mass is 420 g/mol. The second-order valence-electron chi connectivity index (χ2n) is 8.54. The Morgan fingerprint density at radius 3 is 2.26 bits per heavy atom. The van der Waals surface area contributed by atoms with E-state index in [1.54, 1.807) is 6.92 Å². The van der Waals surface area contributed by atoms with Gasteiger partial charge in [0, 0.05) is 11.8 Å². The zero-order valence-corrected chi connectivity index (χ0v) is 18.4. The highest BCUT2D eigenvalue weighted by molar-refractivity contribution is 7.97. The number of Topliss-reactive ketones (excluding diaryl/α,β-unsaturated/α-hetero) is 2. The quantitative estimate of drug-likeness (QED) is 0.498. The summed E-state index contributed by atoms with van der Waals surface area (Å²) >= 11 is 0. The van der Waals surface area contributed by atoms with E-state index >= 15 is 0 Å². The molecule has 1 heterocycles. The summed E-state index contributed by atoms with van der Waals surface area (Å²) in [6.07, 6.45) is 3.13. The molecule has 0 aromatic carbocycles. The van der Waals surface area contributed by atoms with Crippen molar-refractivity contribution in [2.24, 2.45) is 16.7 Å². The van der Waals surface area contributed by atoms with Crippen LogP contribution in [-0.2, 0) is 35.3 Å². The van der Waals surface area contributed by atoms with Crippen LogP contribution in [0.2, 0.25) is 0 Å². The Kier molecular flexibility index (Phi) is 7.20. The Bertz CT molecular complexity index is 666. The summed E-state index contributed by atoms with van der Waals surface area (Å²) in [6.45, 7) is 9.37. The summed E-state index contributed by atoms with van der Waals surface area (Å²) in [6, 6.07) is 0. The fourth-order valence-corrected chi connectivity index (χ4v) is 7.82. The minimum absolute atomic E-state index is 0.294. The molecular formula is C19H32O6S2. The third-order valence-electron chi connectivity index (χ3n) is 6.71. The number of hydrogen-bond donors (Lipinski definition) is 0. The Morgan fingerprint density at radius 1 is 1.26 bits per heavy atom. The van der Waals surface area contributed by atoms with Crippen molar-refractivity contribution < 1.29 is 27.3 Å². The molecule has 1 aliphatic heterocycles. The van der Waals surface area contributed by atoms with Crippen molar-refractivity contribution >= 4 is 32.6 Å². The van der Waals surface area contributed by atoms with Crippen LogP contribution in [0.25, 0.3) is 0 Å². The Balaban J connectivity index is 0.000000199. The lowest BCUT2D eigenvalue weighted by Gasteiger charge is -2.32. The molecule has 3 atom stereocenters. The van der Waals surface area contributed by atoms with Crippen LogP contribution >= 0.6 is 0 Å². The predicted octanol–water partition coefficient (Wildman–Crippen LogP) is 1.93. The molecule has 27 heavy (non-hydrogen) atoms. The molecule has 3 unspecified atom stereocenters. The van der Waals surface area contributed by atoms with Crippen LogP contribution in [0.3, 0.4) is 0 Å². The molecule has 8 heteroatoms. The third kappa shape index (κ3) is 4.60. The zero-order chi connectivity index (χ0) is 20.5. The van der Waals surface area contributed by atoms with Crippen molar-refractivity contribution in [2.45, 2.75) is 58.6 Å². The summed E-state index contributed by atoms with van der Waals surface area (Å²) < 4.78 is 38.5. The molecule has 2 bridgehead atoms. The lowest BCUT2D eigenvalue weighted by molar-refractivity contribution is -0.128. The second-order valence-corrected chi connectivity index (χ2v) is 12.4. The highest BCUT2D eigenvalue weighted by Gasteiger charge is 2.67. The molecule has 3 rings (SSSR count). The van der Waals surface area contributed by atoms with Crippen molar-refractivity contribution in [2.75, 3.05) is 30.5 Å². The first kappa shape index (κ1) is 22.8. The fraction of sp³-hybridized carbons (Fsp3) is 0.895. The van der Waals surface area contributed by atoms with E-state index in [0.717, 1.165) is 43.3 Å². The number of rotatable bonds is 5. The normalized spacial score (nSPS) is 32.9. The molecule has 6 nitrogen and oxygen atoms in total. The topological polar surface area (TPSA) is 101 Å². The number of ether oxygens (including phenoxy) is 1. The minimum Gasteiger partial charge on any atom is -0.747 e. The molecule has 0 amide bonds. The fourth-order valence-electron chi connectivity index (χ4n) is 4.62. The molecular weight excluding hydrogens is 388 g/mol. The first-order valence-electron chi connectivity index (χ1n) is 9.67. The number of carbonyl (C=O) groups excluding carboxylic acids is 2. The van der Waals surface area contributed by atoms with Crippen LogP contribution < -0.4 is 0 Å². The van der Waals surface area contributed by atoms with E-state index in [-0.39, 0.29) is 17.1 Å². The van der Waals surface area contributed by atoms with Crippen LogP contribution in [0.4, 0.5) is 0 Å². The van der Waals surface area contributed by atoms with Crippen LogP contribution in [-0.4, -0.2) is 60.3 Å². The van der Waals surface area contributed by atoms with Gasteiger partial charge in [-0.2, -0.15) is 0 Å². The first-order chi connectivity index (χ1) is 12.4. The smallest absolute Gasteiger partial charge is 0.181 e.